The Kier molecular flexibility index (Phi) is 3.78. The first-order valence-corrected chi connectivity index (χ1v) is 6.78. The molecule has 106 valence electrons. The molecule has 2 amide bonds. The molecule has 1 aliphatic heterocycles. The number of hydrogen-bond acceptors (Lipinski definition) is 4. The van der Waals surface area contributed by atoms with Crippen LogP contribution in [0.3, 0.4) is 0 Å². The number of urea groups is 1. The van der Waals surface area contributed by atoms with Crippen molar-refractivity contribution in [2.24, 2.45) is 11.3 Å². The number of anilines is 1. The van der Waals surface area contributed by atoms with E-state index in [2.05, 4.69) is 36.2 Å². The van der Waals surface area contributed by atoms with Crippen molar-refractivity contribution in [2.75, 3.05) is 18.4 Å². The maximum atomic E-state index is 12.1. The van der Waals surface area contributed by atoms with Crippen molar-refractivity contribution in [2.45, 2.75) is 40.5 Å². The highest BCUT2D eigenvalue weighted by molar-refractivity contribution is 5.87. The van der Waals surface area contributed by atoms with E-state index in [1.807, 2.05) is 11.8 Å². The second-order valence-corrected chi connectivity index (χ2v) is 6.10. The number of likely N-dealkylation sites (tertiary alicyclic amines) is 1. The minimum atomic E-state index is -0.155. The summed E-state index contributed by atoms with van der Waals surface area (Å²) in [4.78, 5) is 18.0. The van der Waals surface area contributed by atoms with Crippen LogP contribution in [0.15, 0.2) is 4.52 Å². The third kappa shape index (κ3) is 3.24. The first-order chi connectivity index (χ1) is 8.90. The summed E-state index contributed by atoms with van der Waals surface area (Å²) in [5.41, 5.74) is 0.231. The van der Waals surface area contributed by atoms with E-state index >= 15 is 0 Å². The summed E-state index contributed by atoms with van der Waals surface area (Å²) in [6.07, 6.45) is 1.73. The summed E-state index contributed by atoms with van der Waals surface area (Å²) < 4.78 is 4.96. The highest BCUT2D eigenvalue weighted by atomic mass is 16.5. The Morgan fingerprint density at radius 1 is 1.53 bits per heavy atom. The highest BCUT2D eigenvalue weighted by Gasteiger charge is 2.34. The smallest absolute Gasteiger partial charge is 0.324 e. The number of aryl methyl sites for hydroxylation is 1. The normalized spacial score (nSPS) is 19.8. The number of carbonyl (C=O) groups is 1. The largest absolute Gasteiger partial charge is 0.329 e. The molecule has 0 spiro atoms. The van der Waals surface area contributed by atoms with Crippen LogP contribution in [-0.4, -0.2) is 34.2 Å². The average molecular weight is 266 g/mol. The van der Waals surface area contributed by atoms with Gasteiger partial charge in [-0.15, -0.1) is 0 Å². The third-order valence-electron chi connectivity index (χ3n) is 3.70. The Morgan fingerprint density at radius 3 is 2.79 bits per heavy atom. The van der Waals surface area contributed by atoms with E-state index in [1.165, 1.54) is 0 Å². The van der Waals surface area contributed by atoms with Gasteiger partial charge in [0.15, 0.2) is 5.82 Å². The number of carbonyl (C=O) groups excluding carboxylic acids is 1. The van der Waals surface area contributed by atoms with Crippen molar-refractivity contribution >= 4 is 12.0 Å². The quantitative estimate of drug-likeness (QED) is 0.893. The van der Waals surface area contributed by atoms with Crippen LogP contribution in [0.2, 0.25) is 0 Å². The molecule has 1 atom stereocenters. The van der Waals surface area contributed by atoms with Gasteiger partial charge in [0.05, 0.1) is 0 Å². The van der Waals surface area contributed by atoms with Gasteiger partial charge in [0.25, 0.3) is 0 Å². The van der Waals surface area contributed by atoms with Crippen molar-refractivity contribution in [1.82, 2.24) is 15.0 Å². The Morgan fingerprint density at radius 2 is 2.26 bits per heavy atom. The van der Waals surface area contributed by atoms with Gasteiger partial charge in [-0.2, -0.15) is 4.98 Å². The fraction of sp³-hybridized carbons (Fsp3) is 0.769. The van der Waals surface area contributed by atoms with Gasteiger partial charge in [0.2, 0.25) is 0 Å². The first kappa shape index (κ1) is 13.8. The van der Waals surface area contributed by atoms with Gasteiger partial charge in [-0.1, -0.05) is 32.9 Å². The van der Waals surface area contributed by atoms with E-state index in [1.54, 1.807) is 0 Å². The topological polar surface area (TPSA) is 71.3 Å². The van der Waals surface area contributed by atoms with Crippen LogP contribution in [0, 0.1) is 11.3 Å². The SMILES string of the molecule is CCc1noc(NC(=O)N2CCC(C(C)(C)C)C2)n1. The predicted octanol–water partition coefficient (Wildman–Crippen LogP) is 2.53. The van der Waals surface area contributed by atoms with Gasteiger partial charge in [0.1, 0.15) is 0 Å². The van der Waals surface area contributed by atoms with Gasteiger partial charge in [0, 0.05) is 19.5 Å². The maximum Gasteiger partial charge on any atom is 0.329 e. The van der Waals surface area contributed by atoms with Crippen molar-refractivity contribution in [3.05, 3.63) is 5.82 Å². The van der Waals surface area contributed by atoms with E-state index in [-0.39, 0.29) is 17.5 Å². The summed E-state index contributed by atoms with van der Waals surface area (Å²) in [6.45, 7) is 10.1. The summed E-state index contributed by atoms with van der Waals surface area (Å²) in [5, 5.41) is 6.41. The van der Waals surface area contributed by atoms with Crippen LogP contribution >= 0.6 is 0 Å². The zero-order valence-electron chi connectivity index (χ0n) is 12.1. The molecule has 0 aliphatic carbocycles. The Balaban J connectivity index is 1.91. The predicted molar refractivity (Wildman–Crippen MR) is 71.8 cm³/mol. The van der Waals surface area contributed by atoms with Gasteiger partial charge in [-0.25, -0.2) is 4.79 Å². The van der Waals surface area contributed by atoms with E-state index in [0.29, 0.717) is 18.2 Å². The molecule has 2 heterocycles. The molecule has 1 N–H and O–H groups in total. The molecule has 1 aromatic heterocycles. The fourth-order valence-corrected chi connectivity index (χ4v) is 2.27. The number of hydrogen-bond donors (Lipinski definition) is 1. The molecular formula is C13H22N4O2. The number of rotatable bonds is 2. The lowest BCUT2D eigenvalue weighted by molar-refractivity contribution is 0.207. The fourth-order valence-electron chi connectivity index (χ4n) is 2.27. The number of nitrogens with zero attached hydrogens (tertiary/aromatic N) is 3. The van der Waals surface area contributed by atoms with Crippen molar-refractivity contribution < 1.29 is 9.32 Å². The molecule has 6 heteroatoms. The lowest BCUT2D eigenvalue weighted by atomic mass is 9.80. The zero-order valence-corrected chi connectivity index (χ0v) is 12.1. The second kappa shape index (κ2) is 5.19. The van der Waals surface area contributed by atoms with Gasteiger partial charge in [-0.3, -0.25) is 5.32 Å². The summed E-state index contributed by atoms with van der Waals surface area (Å²) in [5.74, 6) is 1.14. The van der Waals surface area contributed by atoms with Crippen LogP contribution in [0.25, 0.3) is 0 Å². The number of nitrogens with one attached hydrogen (secondary N) is 1. The highest BCUT2D eigenvalue weighted by Crippen LogP contribution is 2.33. The molecular weight excluding hydrogens is 244 g/mol. The first-order valence-electron chi connectivity index (χ1n) is 6.78. The lowest BCUT2D eigenvalue weighted by Gasteiger charge is -2.26. The van der Waals surface area contributed by atoms with Crippen molar-refractivity contribution in [1.29, 1.82) is 0 Å². The summed E-state index contributed by atoms with van der Waals surface area (Å²) in [7, 11) is 0. The zero-order chi connectivity index (χ0) is 14.0. The van der Waals surface area contributed by atoms with Crippen molar-refractivity contribution in [3.63, 3.8) is 0 Å². The maximum absolute atomic E-state index is 12.1. The molecule has 1 fully saturated rings. The van der Waals surface area contributed by atoms with E-state index in [4.69, 9.17) is 4.52 Å². The summed E-state index contributed by atoms with van der Waals surface area (Å²) >= 11 is 0. The molecule has 1 saturated heterocycles. The minimum absolute atomic E-state index is 0.155. The molecule has 19 heavy (non-hydrogen) atoms. The monoisotopic (exact) mass is 266 g/mol. The molecule has 1 aromatic rings. The third-order valence-corrected chi connectivity index (χ3v) is 3.70. The molecule has 2 rings (SSSR count). The van der Waals surface area contributed by atoms with E-state index in [0.717, 1.165) is 19.5 Å². The molecule has 1 aliphatic rings. The van der Waals surface area contributed by atoms with Crippen LogP contribution in [0.4, 0.5) is 10.8 Å². The van der Waals surface area contributed by atoms with Crippen LogP contribution in [-0.2, 0) is 6.42 Å². The lowest BCUT2D eigenvalue weighted by Crippen LogP contribution is -2.34. The summed E-state index contributed by atoms with van der Waals surface area (Å²) in [6, 6.07) is 0.0270. The average Bonchev–Trinajstić information content (AvgIpc) is 2.96. The molecule has 0 saturated carbocycles. The van der Waals surface area contributed by atoms with Crippen LogP contribution < -0.4 is 5.32 Å². The van der Waals surface area contributed by atoms with Crippen LogP contribution in [0.1, 0.15) is 39.9 Å². The second-order valence-electron chi connectivity index (χ2n) is 6.10. The molecule has 0 aromatic carbocycles. The van der Waals surface area contributed by atoms with E-state index < -0.39 is 0 Å². The molecule has 0 radical (unpaired) electrons. The Bertz CT molecular complexity index is 450. The number of aromatic nitrogens is 2. The van der Waals surface area contributed by atoms with Gasteiger partial charge >= 0.3 is 12.0 Å². The van der Waals surface area contributed by atoms with Crippen LogP contribution in [0.5, 0.6) is 0 Å². The molecule has 6 nitrogen and oxygen atoms in total. The van der Waals surface area contributed by atoms with Gasteiger partial charge in [-0.05, 0) is 17.8 Å². The molecule has 1 unspecified atom stereocenters. The minimum Gasteiger partial charge on any atom is -0.324 e. The van der Waals surface area contributed by atoms with Crippen molar-refractivity contribution in [3.8, 4) is 0 Å². The van der Waals surface area contributed by atoms with E-state index in [9.17, 15) is 4.79 Å². The standard InChI is InChI=1S/C13H22N4O2/c1-5-10-14-11(19-16-10)15-12(18)17-7-6-9(8-17)13(2,3)4/h9H,5-8H2,1-4H3,(H,14,15,16,18). The van der Waals surface area contributed by atoms with Gasteiger partial charge < -0.3 is 9.42 Å². The Hall–Kier alpha value is -1.59. The molecule has 0 bridgehead atoms. The number of amides is 2. The Labute approximate surface area is 113 Å².